The fourth-order valence-electron chi connectivity index (χ4n) is 1.85. The van der Waals surface area contributed by atoms with Crippen LogP contribution in [-0.4, -0.2) is 13.0 Å². The Morgan fingerprint density at radius 3 is 2.81 bits per heavy atom. The minimum atomic E-state index is -0.299. The number of carbonyl (C=O) groups is 1. The molecule has 2 aromatic carbocycles. The highest BCUT2D eigenvalue weighted by atomic mass is 32.2. The molecule has 1 amide bonds. The van der Waals surface area contributed by atoms with Crippen LogP contribution in [0.2, 0.25) is 0 Å². The second-order valence-corrected chi connectivity index (χ2v) is 5.39. The van der Waals surface area contributed by atoms with Crippen LogP contribution in [0.3, 0.4) is 0 Å². The topological polar surface area (TPSA) is 90.4 Å². The summed E-state index contributed by atoms with van der Waals surface area (Å²) in [4.78, 5) is 12.5. The Morgan fingerprint density at radius 1 is 1.29 bits per heavy atom. The standard InChI is InChI=1S/C15H17N3O2S/c1-20-13-8-12(16)5-6-14(13)21-9-10-3-2-4-11(7-10)15(19)18-17/h2-8H,9,16-17H2,1H3,(H,18,19). The molecule has 2 aromatic rings. The lowest BCUT2D eigenvalue weighted by Gasteiger charge is -2.09. The quantitative estimate of drug-likeness (QED) is 0.259. The molecule has 0 aliphatic rings. The van der Waals surface area contributed by atoms with E-state index in [9.17, 15) is 4.79 Å². The second kappa shape index (κ2) is 7.01. The van der Waals surface area contributed by atoms with Gasteiger partial charge < -0.3 is 10.5 Å². The average molecular weight is 303 g/mol. The summed E-state index contributed by atoms with van der Waals surface area (Å²) in [6.07, 6.45) is 0. The molecule has 110 valence electrons. The van der Waals surface area contributed by atoms with Crippen molar-refractivity contribution in [2.75, 3.05) is 12.8 Å². The summed E-state index contributed by atoms with van der Waals surface area (Å²) in [5, 5.41) is 0. The van der Waals surface area contributed by atoms with Gasteiger partial charge in [-0.3, -0.25) is 10.2 Å². The zero-order valence-electron chi connectivity index (χ0n) is 11.6. The molecule has 5 nitrogen and oxygen atoms in total. The van der Waals surface area contributed by atoms with E-state index in [1.54, 1.807) is 31.0 Å². The van der Waals surface area contributed by atoms with Gasteiger partial charge in [-0.05, 0) is 29.8 Å². The number of hydrogen-bond donors (Lipinski definition) is 3. The first-order chi connectivity index (χ1) is 10.1. The van der Waals surface area contributed by atoms with Crippen molar-refractivity contribution in [3.8, 4) is 5.75 Å². The normalized spacial score (nSPS) is 10.2. The number of nitrogens with two attached hydrogens (primary N) is 2. The summed E-state index contributed by atoms with van der Waals surface area (Å²) < 4.78 is 5.31. The first-order valence-electron chi connectivity index (χ1n) is 6.30. The fraction of sp³-hybridized carbons (Fsp3) is 0.133. The van der Waals surface area contributed by atoms with Gasteiger partial charge in [0.2, 0.25) is 0 Å². The lowest BCUT2D eigenvalue weighted by molar-refractivity contribution is 0.0953. The maximum Gasteiger partial charge on any atom is 0.265 e. The highest BCUT2D eigenvalue weighted by Crippen LogP contribution is 2.33. The Hall–Kier alpha value is -2.18. The van der Waals surface area contributed by atoms with Crippen molar-refractivity contribution < 1.29 is 9.53 Å². The largest absolute Gasteiger partial charge is 0.496 e. The molecule has 5 N–H and O–H groups in total. The summed E-state index contributed by atoms with van der Waals surface area (Å²) >= 11 is 1.62. The van der Waals surface area contributed by atoms with Gasteiger partial charge in [0.05, 0.1) is 7.11 Å². The highest BCUT2D eigenvalue weighted by Gasteiger charge is 2.07. The number of anilines is 1. The molecule has 0 spiro atoms. The van der Waals surface area contributed by atoms with Crippen LogP contribution in [0.1, 0.15) is 15.9 Å². The third-order valence-electron chi connectivity index (χ3n) is 2.90. The van der Waals surface area contributed by atoms with Crippen molar-refractivity contribution in [1.29, 1.82) is 0 Å². The average Bonchev–Trinajstić information content (AvgIpc) is 2.53. The smallest absolute Gasteiger partial charge is 0.265 e. The molecule has 0 saturated heterocycles. The number of hydrazine groups is 1. The van der Waals surface area contributed by atoms with E-state index in [4.69, 9.17) is 16.3 Å². The Bertz CT molecular complexity index is 647. The maximum atomic E-state index is 11.5. The number of rotatable bonds is 5. The second-order valence-electron chi connectivity index (χ2n) is 4.37. The molecular formula is C15H17N3O2S. The van der Waals surface area contributed by atoms with E-state index in [0.717, 1.165) is 16.2 Å². The van der Waals surface area contributed by atoms with Crippen molar-refractivity contribution in [1.82, 2.24) is 5.43 Å². The number of hydrogen-bond acceptors (Lipinski definition) is 5. The summed E-state index contributed by atoms with van der Waals surface area (Å²) in [6, 6.07) is 12.9. The van der Waals surface area contributed by atoms with E-state index in [-0.39, 0.29) is 5.91 Å². The lowest BCUT2D eigenvalue weighted by atomic mass is 10.1. The van der Waals surface area contributed by atoms with Crippen LogP contribution in [0.15, 0.2) is 47.4 Å². The SMILES string of the molecule is COc1cc(N)ccc1SCc1cccc(C(=O)NN)c1. The third-order valence-corrected chi connectivity index (χ3v) is 4.03. The van der Waals surface area contributed by atoms with E-state index in [1.807, 2.05) is 30.3 Å². The van der Waals surface area contributed by atoms with Gasteiger partial charge in [0.15, 0.2) is 0 Å². The number of nitrogens with one attached hydrogen (secondary N) is 1. The van der Waals surface area contributed by atoms with Crippen LogP contribution >= 0.6 is 11.8 Å². The molecule has 0 radical (unpaired) electrons. The van der Waals surface area contributed by atoms with Crippen LogP contribution in [0.4, 0.5) is 5.69 Å². The van der Waals surface area contributed by atoms with E-state index < -0.39 is 0 Å². The molecule has 0 fully saturated rings. The molecule has 0 unspecified atom stereocenters. The minimum Gasteiger partial charge on any atom is -0.496 e. The van der Waals surface area contributed by atoms with Gasteiger partial charge in [0, 0.05) is 28.0 Å². The predicted octanol–water partition coefficient (Wildman–Crippen LogP) is 2.17. The molecule has 0 atom stereocenters. The van der Waals surface area contributed by atoms with Gasteiger partial charge >= 0.3 is 0 Å². The third kappa shape index (κ3) is 3.90. The zero-order chi connectivity index (χ0) is 15.2. The van der Waals surface area contributed by atoms with E-state index >= 15 is 0 Å². The number of carbonyl (C=O) groups excluding carboxylic acids is 1. The number of thioether (sulfide) groups is 1. The molecule has 0 heterocycles. The zero-order valence-corrected chi connectivity index (χ0v) is 12.4. The van der Waals surface area contributed by atoms with Gasteiger partial charge in [-0.1, -0.05) is 12.1 Å². The van der Waals surface area contributed by atoms with E-state index in [0.29, 0.717) is 17.0 Å². The van der Waals surface area contributed by atoms with E-state index in [2.05, 4.69) is 5.43 Å². The van der Waals surface area contributed by atoms with Gasteiger partial charge in [-0.2, -0.15) is 0 Å². The minimum absolute atomic E-state index is 0.299. The fourth-order valence-corrected chi connectivity index (χ4v) is 2.80. The van der Waals surface area contributed by atoms with Crippen molar-refractivity contribution in [3.05, 3.63) is 53.6 Å². The van der Waals surface area contributed by atoms with Crippen molar-refractivity contribution in [3.63, 3.8) is 0 Å². The van der Waals surface area contributed by atoms with Crippen LogP contribution in [0.25, 0.3) is 0 Å². The Kier molecular flexibility index (Phi) is 5.08. The number of nitrogen functional groups attached to an aromatic ring is 2. The summed E-state index contributed by atoms with van der Waals surface area (Å²) in [7, 11) is 1.62. The van der Waals surface area contributed by atoms with Gasteiger partial charge in [-0.15, -0.1) is 11.8 Å². The molecule has 0 bridgehead atoms. The molecule has 2 rings (SSSR count). The van der Waals surface area contributed by atoms with Crippen LogP contribution in [0.5, 0.6) is 5.75 Å². The Balaban J connectivity index is 2.11. The van der Waals surface area contributed by atoms with Gasteiger partial charge in [0.25, 0.3) is 5.91 Å². The van der Waals surface area contributed by atoms with E-state index in [1.165, 1.54) is 0 Å². The molecule has 0 aromatic heterocycles. The summed E-state index contributed by atoms with van der Waals surface area (Å²) in [5.74, 6) is 6.30. The molecule has 6 heteroatoms. The number of amides is 1. The van der Waals surface area contributed by atoms with Crippen molar-refractivity contribution >= 4 is 23.4 Å². The van der Waals surface area contributed by atoms with Crippen LogP contribution in [0, 0.1) is 0 Å². The summed E-state index contributed by atoms with van der Waals surface area (Å²) in [6.45, 7) is 0. The molecule has 0 aliphatic heterocycles. The number of ether oxygens (including phenoxy) is 1. The maximum absolute atomic E-state index is 11.5. The van der Waals surface area contributed by atoms with Crippen molar-refractivity contribution in [2.24, 2.45) is 5.84 Å². The van der Waals surface area contributed by atoms with Crippen LogP contribution in [-0.2, 0) is 5.75 Å². The molecular weight excluding hydrogens is 286 g/mol. The molecule has 21 heavy (non-hydrogen) atoms. The Morgan fingerprint density at radius 2 is 2.10 bits per heavy atom. The van der Waals surface area contributed by atoms with Crippen molar-refractivity contribution in [2.45, 2.75) is 10.6 Å². The molecule has 0 saturated carbocycles. The van der Waals surface area contributed by atoms with Crippen LogP contribution < -0.4 is 21.7 Å². The lowest BCUT2D eigenvalue weighted by Crippen LogP contribution is -2.29. The van der Waals surface area contributed by atoms with Gasteiger partial charge in [-0.25, -0.2) is 5.84 Å². The monoisotopic (exact) mass is 303 g/mol. The number of benzene rings is 2. The Labute approximate surface area is 127 Å². The summed E-state index contributed by atoms with van der Waals surface area (Å²) in [5.41, 5.74) is 10.1. The number of methoxy groups -OCH3 is 1. The predicted molar refractivity (Wildman–Crippen MR) is 85.1 cm³/mol. The van der Waals surface area contributed by atoms with Gasteiger partial charge in [0.1, 0.15) is 5.75 Å². The first kappa shape index (κ1) is 15.2. The molecule has 0 aliphatic carbocycles. The highest BCUT2D eigenvalue weighted by molar-refractivity contribution is 7.98. The first-order valence-corrected chi connectivity index (χ1v) is 7.29.